The quantitative estimate of drug-likeness (QED) is 0.232. The van der Waals surface area contributed by atoms with Gasteiger partial charge in [0.2, 0.25) is 0 Å². The lowest BCUT2D eigenvalue weighted by Crippen LogP contribution is -2.36. The van der Waals surface area contributed by atoms with Crippen molar-refractivity contribution < 1.29 is 31.9 Å². The maximum absolute atomic E-state index is 14.2. The lowest BCUT2D eigenvalue weighted by Gasteiger charge is -2.22. The highest BCUT2D eigenvalue weighted by atomic mass is 19.4. The topological polar surface area (TPSA) is 58.6 Å². The molecule has 0 saturated carbocycles. The van der Waals surface area contributed by atoms with E-state index in [9.17, 15) is 27.2 Å². The fraction of sp³-hybridized carbons (Fsp3) is 0.448. The van der Waals surface area contributed by atoms with E-state index in [1.807, 2.05) is 32.0 Å². The standard InChI is InChI=1S/C29H36F4N2O3/c1-6-20(9-13-27(36)24-12-10-21(16-26(24)30)29(31,32)33)17-35(4)18-25-19(3)8-11-23(22(25)7-2)28(37)34-14-15-38-5/h8,10-12,16,18,20H,3,6-7,9,13-15,17H2,1-2,4-5H3,(H,34,37)/b25-18+. The Morgan fingerprint density at radius 3 is 2.42 bits per heavy atom. The van der Waals surface area contributed by atoms with Crippen LogP contribution in [-0.2, 0) is 17.3 Å². The Labute approximate surface area is 221 Å². The molecule has 0 aliphatic rings. The second kappa shape index (κ2) is 14.1. The summed E-state index contributed by atoms with van der Waals surface area (Å²) in [7, 11) is 3.46. The van der Waals surface area contributed by atoms with Crippen molar-refractivity contribution in [1.82, 2.24) is 10.2 Å². The summed E-state index contributed by atoms with van der Waals surface area (Å²) in [5, 5.41) is 4.48. The van der Waals surface area contributed by atoms with Crippen LogP contribution < -0.4 is 15.8 Å². The van der Waals surface area contributed by atoms with Crippen molar-refractivity contribution in [3.63, 3.8) is 0 Å². The Kier molecular flexibility index (Phi) is 11.5. The normalized spacial score (nSPS) is 12.9. The Morgan fingerprint density at radius 2 is 1.84 bits per heavy atom. The van der Waals surface area contributed by atoms with Crippen molar-refractivity contribution in [2.75, 3.05) is 33.9 Å². The summed E-state index contributed by atoms with van der Waals surface area (Å²) in [4.78, 5) is 27.2. The lowest BCUT2D eigenvalue weighted by molar-refractivity contribution is -0.137. The second-order valence-corrected chi connectivity index (χ2v) is 9.26. The maximum Gasteiger partial charge on any atom is 0.416 e. The Morgan fingerprint density at radius 1 is 1.16 bits per heavy atom. The third-order valence-electron chi connectivity index (χ3n) is 6.49. The van der Waals surface area contributed by atoms with Crippen LogP contribution in [0.25, 0.3) is 12.8 Å². The van der Waals surface area contributed by atoms with E-state index < -0.39 is 23.3 Å². The van der Waals surface area contributed by atoms with Gasteiger partial charge in [0.15, 0.2) is 5.78 Å². The molecule has 38 heavy (non-hydrogen) atoms. The molecule has 1 atom stereocenters. The van der Waals surface area contributed by atoms with E-state index in [2.05, 4.69) is 11.9 Å². The summed E-state index contributed by atoms with van der Waals surface area (Å²) in [5.74, 6) is -1.79. The van der Waals surface area contributed by atoms with Crippen LogP contribution in [-0.4, -0.2) is 50.4 Å². The van der Waals surface area contributed by atoms with Gasteiger partial charge in [0.05, 0.1) is 17.7 Å². The molecule has 2 rings (SSSR count). The molecule has 0 aliphatic heterocycles. The van der Waals surface area contributed by atoms with Gasteiger partial charge in [-0.1, -0.05) is 32.9 Å². The van der Waals surface area contributed by atoms with Crippen LogP contribution in [0.3, 0.4) is 0 Å². The number of nitrogens with zero attached hydrogens (tertiary/aromatic N) is 1. The molecule has 208 valence electrons. The van der Waals surface area contributed by atoms with Gasteiger partial charge in [-0.3, -0.25) is 9.59 Å². The minimum atomic E-state index is -4.67. The minimum absolute atomic E-state index is 0.0204. The van der Waals surface area contributed by atoms with Gasteiger partial charge in [0.25, 0.3) is 5.91 Å². The van der Waals surface area contributed by atoms with E-state index in [0.717, 1.165) is 34.6 Å². The number of hydrogen-bond acceptors (Lipinski definition) is 4. The molecule has 0 aromatic heterocycles. The number of nitrogens with one attached hydrogen (secondary N) is 1. The predicted molar refractivity (Wildman–Crippen MR) is 141 cm³/mol. The summed E-state index contributed by atoms with van der Waals surface area (Å²) in [6.45, 7) is 9.47. The molecule has 1 N–H and O–H groups in total. The third kappa shape index (κ3) is 8.41. The zero-order valence-electron chi connectivity index (χ0n) is 22.4. The van der Waals surface area contributed by atoms with Crippen molar-refractivity contribution in [2.24, 2.45) is 5.92 Å². The van der Waals surface area contributed by atoms with E-state index in [0.29, 0.717) is 44.2 Å². The summed E-state index contributed by atoms with van der Waals surface area (Å²) in [5.41, 5.74) is -0.00214. The first-order valence-corrected chi connectivity index (χ1v) is 12.6. The summed E-state index contributed by atoms with van der Waals surface area (Å²) >= 11 is 0. The number of carbonyl (C=O) groups excluding carboxylic acids is 2. The third-order valence-corrected chi connectivity index (χ3v) is 6.49. The number of rotatable bonds is 13. The number of amides is 1. The van der Waals surface area contributed by atoms with Crippen molar-refractivity contribution >= 4 is 24.5 Å². The molecule has 0 aliphatic carbocycles. The smallest absolute Gasteiger partial charge is 0.383 e. The molecule has 0 saturated heterocycles. The largest absolute Gasteiger partial charge is 0.416 e. The van der Waals surface area contributed by atoms with Gasteiger partial charge in [0.1, 0.15) is 5.82 Å². The number of benzene rings is 2. The number of alkyl halides is 3. The number of hydrogen-bond donors (Lipinski definition) is 1. The summed E-state index contributed by atoms with van der Waals surface area (Å²) < 4.78 is 57.6. The van der Waals surface area contributed by atoms with Crippen LogP contribution in [0, 0.1) is 11.7 Å². The monoisotopic (exact) mass is 536 g/mol. The van der Waals surface area contributed by atoms with Crippen LogP contribution >= 0.6 is 0 Å². The summed E-state index contributed by atoms with van der Waals surface area (Å²) in [6.07, 6.45) is -0.885. The Hall–Kier alpha value is -3.20. The zero-order valence-corrected chi connectivity index (χ0v) is 22.4. The van der Waals surface area contributed by atoms with Crippen LogP contribution in [0.5, 0.6) is 0 Å². The number of Topliss-reactive ketones (excluding diaryl/α,β-unsaturated/α-hetero) is 1. The molecule has 0 radical (unpaired) electrons. The molecule has 2 aromatic rings. The molecule has 2 aromatic carbocycles. The van der Waals surface area contributed by atoms with Crippen LogP contribution in [0.2, 0.25) is 0 Å². The number of methoxy groups -OCH3 is 1. The number of carbonyl (C=O) groups is 2. The average molecular weight is 537 g/mol. The first-order valence-electron chi connectivity index (χ1n) is 12.6. The van der Waals surface area contributed by atoms with Gasteiger partial charge < -0.3 is 15.0 Å². The van der Waals surface area contributed by atoms with Crippen LogP contribution in [0.4, 0.5) is 17.6 Å². The van der Waals surface area contributed by atoms with E-state index >= 15 is 0 Å². The van der Waals surface area contributed by atoms with Gasteiger partial charge in [-0.2, -0.15) is 13.2 Å². The maximum atomic E-state index is 14.2. The highest BCUT2D eigenvalue weighted by Gasteiger charge is 2.31. The first-order chi connectivity index (χ1) is 17.9. The Balaban J connectivity index is 2.14. The molecular formula is C29H36F4N2O3. The fourth-order valence-electron chi connectivity index (χ4n) is 4.32. The number of ether oxygens (including phenoxy) is 1. The van der Waals surface area contributed by atoms with Crippen molar-refractivity contribution in [2.45, 2.75) is 45.7 Å². The highest BCUT2D eigenvalue weighted by molar-refractivity contribution is 5.96. The van der Waals surface area contributed by atoms with Gasteiger partial charge in [-0.05, 0) is 53.8 Å². The van der Waals surface area contributed by atoms with Gasteiger partial charge >= 0.3 is 6.18 Å². The van der Waals surface area contributed by atoms with Gasteiger partial charge in [-0.15, -0.1) is 0 Å². The Bertz CT molecular complexity index is 1230. The molecular weight excluding hydrogens is 500 g/mol. The number of halogens is 4. The van der Waals surface area contributed by atoms with Crippen molar-refractivity contribution in [3.05, 3.63) is 68.8 Å². The van der Waals surface area contributed by atoms with E-state index in [-0.39, 0.29) is 23.8 Å². The molecule has 1 amide bonds. The predicted octanol–water partition coefficient (Wildman–Crippen LogP) is 4.55. The van der Waals surface area contributed by atoms with Crippen molar-refractivity contribution in [1.29, 1.82) is 0 Å². The van der Waals surface area contributed by atoms with Crippen LogP contribution in [0.15, 0.2) is 30.3 Å². The van der Waals surface area contributed by atoms with Crippen LogP contribution in [0.1, 0.15) is 65.0 Å². The van der Waals surface area contributed by atoms with Gasteiger partial charge in [-0.25, -0.2) is 4.39 Å². The fourth-order valence-corrected chi connectivity index (χ4v) is 4.32. The van der Waals surface area contributed by atoms with E-state index in [1.165, 1.54) is 0 Å². The van der Waals surface area contributed by atoms with Gasteiger partial charge in [0, 0.05) is 50.6 Å². The number of ketones is 1. The minimum Gasteiger partial charge on any atom is -0.383 e. The highest BCUT2D eigenvalue weighted by Crippen LogP contribution is 2.30. The average Bonchev–Trinajstić information content (AvgIpc) is 2.86. The molecule has 5 nitrogen and oxygen atoms in total. The molecule has 1 unspecified atom stereocenters. The van der Waals surface area contributed by atoms with E-state index in [4.69, 9.17) is 4.74 Å². The molecule has 0 bridgehead atoms. The molecule has 0 heterocycles. The van der Waals surface area contributed by atoms with Crippen molar-refractivity contribution in [3.8, 4) is 0 Å². The zero-order chi connectivity index (χ0) is 28.5. The second-order valence-electron chi connectivity index (χ2n) is 9.26. The lowest BCUT2D eigenvalue weighted by atomic mass is 9.95. The first kappa shape index (κ1) is 31.0. The van der Waals surface area contributed by atoms with E-state index in [1.54, 1.807) is 19.2 Å². The molecule has 0 fully saturated rings. The summed E-state index contributed by atoms with van der Waals surface area (Å²) in [6, 6.07) is 5.56. The molecule has 9 heteroatoms. The SMILES string of the molecule is C=c1ccc(C(=O)NCCOC)c(CC)/c1=C/N(C)CC(CC)CCC(=O)c1ccc(C(F)(F)F)cc1F. The molecule has 0 spiro atoms.